The molecule has 0 bridgehead atoms. The van der Waals surface area contributed by atoms with Crippen LogP contribution in [-0.2, 0) is 30.6 Å². The monoisotopic (exact) mass is 420 g/mol. The quantitative estimate of drug-likeness (QED) is 0.635. The second-order valence-corrected chi connectivity index (χ2v) is 8.51. The molecule has 1 saturated carbocycles. The predicted octanol–water partition coefficient (Wildman–Crippen LogP) is 2.65. The van der Waals surface area contributed by atoms with E-state index in [0.717, 1.165) is 47.8 Å². The molecule has 1 aliphatic heterocycles. The van der Waals surface area contributed by atoms with Crippen LogP contribution in [0.25, 0.3) is 11.3 Å². The Morgan fingerprint density at radius 1 is 1.29 bits per heavy atom. The molecule has 8 nitrogen and oxygen atoms in total. The third-order valence-electron chi connectivity index (χ3n) is 6.25. The van der Waals surface area contributed by atoms with E-state index in [0.29, 0.717) is 31.8 Å². The Kier molecular flexibility index (Phi) is 5.44. The Labute approximate surface area is 181 Å². The molecule has 1 amide bonds. The van der Waals surface area contributed by atoms with E-state index < -0.39 is 0 Å². The number of aromatic nitrogens is 5. The van der Waals surface area contributed by atoms with Crippen molar-refractivity contribution < 1.29 is 9.53 Å². The van der Waals surface area contributed by atoms with Crippen LogP contribution >= 0.6 is 0 Å². The standard InChI is InChI=1S/C23H28N6O2/c1-31-21-12-16(6-9-24-21)4-5-22(30)28-10-7-19-20(8-11-28)26-27-23(19)18-13-25-29(15-18)14-17-2-3-17/h6,9,12-13,15,17H,2-5,7-8,10-11,14H2,1H3,(H,26,27). The van der Waals surface area contributed by atoms with Gasteiger partial charge in [-0.05, 0) is 43.2 Å². The molecule has 4 heterocycles. The normalized spacial score (nSPS) is 16.1. The summed E-state index contributed by atoms with van der Waals surface area (Å²) in [5, 5.41) is 12.3. The third-order valence-corrected chi connectivity index (χ3v) is 6.25. The second-order valence-electron chi connectivity index (χ2n) is 8.51. The lowest BCUT2D eigenvalue weighted by atomic mass is 10.1. The number of methoxy groups -OCH3 is 1. The maximum Gasteiger partial charge on any atom is 0.222 e. The molecule has 1 aliphatic carbocycles. The number of H-pyrrole nitrogens is 1. The average Bonchev–Trinajstić information content (AvgIpc) is 3.41. The number of pyridine rings is 1. The number of hydrogen-bond donors (Lipinski definition) is 1. The SMILES string of the molecule is COc1cc(CCC(=O)N2CCc3[nH]nc(-c4cnn(CC5CC5)c4)c3CC2)ccn1. The van der Waals surface area contributed by atoms with Crippen molar-refractivity contribution in [3.8, 4) is 17.1 Å². The highest BCUT2D eigenvalue weighted by molar-refractivity contribution is 5.76. The molecule has 0 spiro atoms. The fourth-order valence-corrected chi connectivity index (χ4v) is 4.25. The van der Waals surface area contributed by atoms with Gasteiger partial charge in [0.05, 0.1) is 19.0 Å². The number of aryl methyl sites for hydroxylation is 1. The largest absolute Gasteiger partial charge is 0.481 e. The van der Waals surface area contributed by atoms with Gasteiger partial charge in [-0.1, -0.05) is 0 Å². The van der Waals surface area contributed by atoms with E-state index in [2.05, 4.69) is 26.5 Å². The topological polar surface area (TPSA) is 88.9 Å². The predicted molar refractivity (Wildman–Crippen MR) is 116 cm³/mol. The summed E-state index contributed by atoms with van der Waals surface area (Å²) in [6.07, 6.45) is 11.1. The fourth-order valence-electron chi connectivity index (χ4n) is 4.25. The van der Waals surface area contributed by atoms with Gasteiger partial charge in [0.25, 0.3) is 0 Å². The maximum atomic E-state index is 12.9. The highest BCUT2D eigenvalue weighted by Gasteiger charge is 2.25. The van der Waals surface area contributed by atoms with E-state index in [-0.39, 0.29) is 5.91 Å². The van der Waals surface area contributed by atoms with Crippen LogP contribution in [0.15, 0.2) is 30.7 Å². The van der Waals surface area contributed by atoms with Crippen molar-refractivity contribution in [1.82, 2.24) is 29.9 Å². The summed E-state index contributed by atoms with van der Waals surface area (Å²) in [5.74, 6) is 1.56. The minimum Gasteiger partial charge on any atom is -0.481 e. The van der Waals surface area contributed by atoms with Gasteiger partial charge in [-0.2, -0.15) is 10.2 Å². The number of fused-ring (bicyclic) bond motifs is 1. The summed E-state index contributed by atoms with van der Waals surface area (Å²) >= 11 is 0. The van der Waals surface area contributed by atoms with Gasteiger partial charge in [-0.25, -0.2) is 4.98 Å². The molecule has 162 valence electrons. The Morgan fingerprint density at radius 2 is 2.16 bits per heavy atom. The van der Waals surface area contributed by atoms with Crippen LogP contribution in [0.4, 0.5) is 0 Å². The van der Waals surface area contributed by atoms with Crippen LogP contribution in [0, 0.1) is 5.92 Å². The highest BCUT2D eigenvalue weighted by atomic mass is 16.5. The van der Waals surface area contributed by atoms with E-state index in [1.165, 1.54) is 18.4 Å². The van der Waals surface area contributed by atoms with Crippen molar-refractivity contribution in [3.63, 3.8) is 0 Å². The molecule has 31 heavy (non-hydrogen) atoms. The number of rotatable bonds is 7. The van der Waals surface area contributed by atoms with Gasteiger partial charge in [0.15, 0.2) is 0 Å². The Hall–Kier alpha value is -3.16. The molecule has 1 fully saturated rings. The van der Waals surface area contributed by atoms with Crippen LogP contribution < -0.4 is 4.74 Å². The van der Waals surface area contributed by atoms with Crippen LogP contribution in [0.2, 0.25) is 0 Å². The van der Waals surface area contributed by atoms with Gasteiger partial charge >= 0.3 is 0 Å². The minimum absolute atomic E-state index is 0.188. The molecule has 0 atom stereocenters. The minimum atomic E-state index is 0.188. The Balaban J connectivity index is 1.21. The van der Waals surface area contributed by atoms with Gasteiger partial charge in [0, 0.05) is 67.8 Å². The molecule has 0 aromatic carbocycles. The first-order valence-corrected chi connectivity index (χ1v) is 11.0. The van der Waals surface area contributed by atoms with Crippen molar-refractivity contribution in [2.75, 3.05) is 20.2 Å². The number of nitrogens with zero attached hydrogens (tertiary/aromatic N) is 5. The third kappa shape index (κ3) is 4.47. The molecular formula is C23H28N6O2. The fraction of sp³-hybridized carbons (Fsp3) is 0.478. The highest BCUT2D eigenvalue weighted by Crippen LogP contribution is 2.31. The molecule has 8 heteroatoms. The molecule has 0 radical (unpaired) electrons. The molecule has 5 rings (SSSR count). The lowest BCUT2D eigenvalue weighted by molar-refractivity contribution is -0.131. The molecule has 2 aliphatic rings. The summed E-state index contributed by atoms with van der Waals surface area (Å²) in [6.45, 7) is 2.43. The second kappa shape index (κ2) is 8.53. The first-order valence-electron chi connectivity index (χ1n) is 11.0. The lowest BCUT2D eigenvalue weighted by Crippen LogP contribution is -2.33. The molecule has 1 N–H and O–H groups in total. The van der Waals surface area contributed by atoms with Crippen molar-refractivity contribution >= 4 is 5.91 Å². The number of carbonyl (C=O) groups excluding carboxylic acids is 1. The van der Waals surface area contributed by atoms with E-state index in [1.54, 1.807) is 13.3 Å². The van der Waals surface area contributed by atoms with Gasteiger partial charge < -0.3 is 9.64 Å². The number of hydrogen-bond acceptors (Lipinski definition) is 5. The zero-order valence-electron chi connectivity index (χ0n) is 17.9. The van der Waals surface area contributed by atoms with E-state index in [1.807, 2.05) is 27.9 Å². The van der Waals surface area contributed by atoms with Crippen LogP contribution in [0.5, 0.6) is 5.88 Å². The summed E-state index contributed by atoms with van der Waals surface area (Å²) < 4.78 is 7.21. The van der Waals surface area contributed by atoms with Crippen LogP contribution in [0.3, 0.4) is 0 Å². The Morgan fingerprint density at radius 3 is 3.00 bits per heavy atom. The summed E-state index contributed by atoms with van der Waals surface area (Å²) in [7, 11) is 1.60. The van der Waals surface area contributed by atoms with Gasteiger partial charge in [-0.3, -0.25) is 14.6 Å². The molecule has 3 aromatic heterocycles. The number of ether oxygens (including phenoxy) is 1. The summed E-state index contributed by atoms with van der Waals surface area (Å²) in [6, 6.07) is 3.83. The maximum absolute atomic E-state index is 12.9. The van der Waals surface area contributed by atoms with Gasteiger partial charge in [0.1, 0.15) is 0 Å². The number of carbonyl (C=O) groups is 1. The number of amides is 1. The van der Waals surface area contributed by atoms with Crippen LogP contribution in [-0.4, -0.2) is 56.0 Å². The summed E-state index contributed by atoms with van der Waals surface area (Å²) in [5.41, 5.74) is 5.47. The van der Waals surface area contributed by atoms with Crippen molar-refractivity contribution in [1.29, 1.82) is 0 Å². The Bertz CT molecular complexity index is 1070. The number of nitrogens with one attached hydrogen (secondary N) is 1. The molecule has 3 aromatic rings. The van der Waals surface area contributed by atoms with E-state index >= 15 is 0 Å². The zero-order valence-corrected chi connectivity index (χ0v) is 17.9. The lowest BCUT2D eigenvalue weighted by Gasteiger charge is -2.20. The van der Waals surface area contributed by atoms with Gasteiger partial charge in [0.2, 0.25) is 11.8 Å². The first-order chi connectivity index (χ1) is 15.2. The van der Waals surface area contributed by atoms with E-state index in [9.17, 15) is 4.79 Å². The molecule has 0 unspecified atom stereocenters. The number of aromatic amines is 1. The molecule has 0 saturated heterocycles. The van der Waals surface area contributed by atoms with Crippen LogP contribution in [0.1, 0.15) is 36.1 Å². The van der Waals surface area contributed by atoms with Crippen molar-refractivity contribution in [2.45, 2.75) is 45.1 Å². The summed E-state index contributed by atoms with van der Waals surface area (Å²) in [4.78, 5) is 19.0. The van der Waals surface area contributed by atoms with Gasteiger partial charge in [-0.15, -0.1) is 0 Å². The van der Waals surface area contributed by atoms with E-state index in [4.69, 9.17) is 4.74 Å². The van der Waals surface area contributed by atoms with Crippen molar-refractivity contribution in [3.05, 3.63) is 47.5 Å². The first kappa shape index (κ1) is 19.8. The average molecular weight is 421 g/mol. The zero-order chi connectivity index (χ0) is 21.2. The molecular weight excluding hydrogens is 392 g/mol. The van der Waals surface area contributed by atoms with Crippen molar-refractivity contribution in [2.24, 2.45) is 5.92 Å². The smallest absolute Gasteiger partial charge is 0.222 e.